The van der Waals surface area contributed by atoms with E-state index in [1.807, 2.05) is 6.07 Å². The molecule has 0 aliphatic rings. The van der Waals surface area contributed by atoms with Gasteiger partial charge >= 0.3 is 6.18 Å². The van der Waals surface area contributed by atoms with Gasteiger partial charge in [-0.1, -0.05) is 34.1 Å². The molecule has 0 aliphatic carbocycles. The molecule has 0 spiro atoms. The second kappa shape index (κ2) is 8.16. The van der Waals surface area contributed by atoms with Crippen LogP contribution in [0.3, 0.4) is 0 Å². The Labute approximate surface area is 172 Å². The number of hydrogen-bond acceptors (Lipinski definition) is 5. The molecule has 3 aromatic rings. The maximum Gasteiger partial charge on any atom is 0.416 e. The van der Waals surface area contributed by atoms with Crippen LogP contribution in [0.2, 0.25) is 0 Å². The van der Waals surface area contributed by atoms with Gasteiger partial charge in [0.05, 0.1) is 16.8 Å². The summed E-state index contributed by atoms with van der Waals surface area (Å²) in [4.78, 5) is 14.7. The SMILES string of the molecule is CN(C)C=C(C(=O)c1cccc(C(F)(F)F)c1)c1nnnn1-c1cccc(Br)c1. The first-order chi connectivity index (χ1) is 13.7. The molecule has 1 heterocycles. The summed E-state index contributed by atoms with van der Waals surface area (Å²) in [7, 11) is 3.37. The number of nitrogens with zero attached hydrogens (tertiary/aromatic N) is 5. The van der Waals surface area contributed by atoms with E-state index in [1.54, 1.807) is 37.2 Å². The molecule has 0 radical (unpaired) electrons. The van der Waals surface area contributed by atoms with Crippen molar-refractivity contribution in [2.75, 3.05) is 14.1 Å². The van der Waals surface area contributed by atoms with Crippen molar-refractivity contribution in [2.45, 2.75) is 6.18 Å². The summed E-state index contributed by atoms with van der Waals surface area (Å²) >= 11 is 3.36. The van der Waals surface area contributed by atoms with Crippen molar-refractivity contribution in [3.8, 4) is 5.69 Å². The highest BCUT2D eigenvalue weighted by Crippen LogP contribution is 2.31. The number of carbonyl (C=O) groups excluding carboxylic acids is 1. The molecule has 0 saturated carbocycles. The third-order valence-electron chi connectivity index (χ3n) is 3.85. The van der Waals surface area contributed by atoms with E-state index in [4.69, 9.17) is 0 Å². The highest BCUT2D eigenvalue weighted by molar-refractivity contribution is 9.10. The van der Waals surface area contributed by atoms with Crippen molar-refractivity contribution >= 4 is 27.3 Å². The number of rotatable bonds is 5. The second-order valence-electron chi connectivity index (χ2n) is 6.31. The minimum Gasteiger partial charge on any atom is -0.383 e. The Morgan fingerprint density at radius 1 is 1.14 bits per heavy atom. The fourth-order valence-electron chi connectivity index (χ4n) is 2.61. The molecule has 0 N–H and O–H groups in total. The van der Waals surface area contributed by atoms with E-state index in [2.05, 4.69) is 31.5 Å². The quantitative estimate of drug-likeness (QED) is 0.416. The Morgan fingerprint density at radius 3 is 2.52 bits per heavy atom. The number of ketones is 1. The van der Waals surface area contributed by atoms with Crippen LogP contribution in [-0.2, 0) is 6.18 Å². The number of alkyl halides is 3. The van der Waals surface area contributed by atoms with Crippen LogP contribution >= 0.6 is 15.9 Å². The van der Waals surface area contributed by atoms with Gasteiger partial charge in [0, 0.05) is 30.3 Å². The van der Waals surface area contributed by atoms with Crippen LogP contribution in [0.5, 0.6) is 0 Å². The molecule has 2 aromatic carbocycles. The van der Waals surface area contributed by atoms with Gasteiger partial charge in [-0.3, -0.25) is 4.79 Å². The molecule has 0 fully saturated rings. The molecule has 0 bridgehead atoms. The summed E-state index contributed by atoms with van der Waals surface area (Å²) < 4.78 is 41.3. The molecule has 6 nitrogen and oxygen atoms in total. The molecule has 29 heavy (non-hydrogen) atoms. The first-order valence-electron chi connectivity index (χ1n) is 8.31. The first kappa shape index (κ1) is 20.7. The van der Waals surface area contributed by atoms with Crippen molar-refractivity contribution in [3.05, 3.63) is 76.2 Å². The number of benzene rings is 2. The Balaban J connectivity index is 2.10. The average molecular weight is 466 g/mol. The molecular formula is C19H15BrF3N5O. The summed E-state index contributed by atoms with van der Waals surface area (Å²) in [5, 5.41) is 11.5. The van der Waals surface area contributed by atoms with Crippen molar-refractivity contribution in [1.29, 1.82) is 0 Å². The zero-order valence-corrected chi connectivity index (χ0v) is 16.9. The smallest absolute Gasteiger partial charge is 0.383 e. The lowest BCUT2D eigenvalue weighted by atomic mass is 10.0. The Kier molecular flexibility index (Phi) is 5.83. The highest BCUT2D eigenvalue weighted by Gasteiger charge is 2.31. The number of halogens is 4. The number of carbonyl (C=O) groups is 1. The molecule has 10 heteroatoms. The molecule has 0 saturated heterocycles. The van der Waals surface area contributed by atoms with Crippen LogP contribution in [0.15, 0.2) is 59.2 Å². The third-order valence-corrected chi connectivity index (χ3v) is 4.34. The summed E-state index contributed by atoms with van der Waals surface area (Å²) in [6.45, 7) is 0. The van der Waals surface area contributed by atoms with E-state index < -0.39 is 17.5 Å². The van der Waals surface area contributed by atoms with E-state index in [0.717, 1.165) is 16.6 Å². The van der Waals surface area contributed by atoms with Crippen LogP contribution in [0, 0.1) is 0 Å². The van der Waals surface area contributed by atoms with Crippen LogP contribution in [0.1, 0.15) is 21.7 Å². The predicted octanol–water partition coefficient (Wildman–Crippen LogP) is 4.23. The van der Waals surface area contributed by atoms with Gasteiger partial charge in [-0.25, -0.2) is 0 Å². The van der Waals surface area contributed by atoms with E-state index in [9.17, 15) is 18.0 Å². The zero-order chi connectivity index (χ0) is 21.2. The van der Waals surface area contributed by atoms with E-state index in [1.165, 1.54) is 23.0 Å². The molecule has 0 atom stereocenters. The van der Waals surface area contributed by atoms with Gasteiger partial charge in [0.25, 0.3) is 0 Å². The van der Waals surface area contributed by atoms with E-state index >= 15 is 0 Å². The van der Waals surface area contributed by atoms with Gasteiger partial charge in [0.1, 0.15) is 0 Å². The highest BCUT2D eigenvalue weighted by atomic mass is 79.9. The van der Waals surface area contributed by atoms with Crippen molar-refractivity contribution in [1.82, 2.24) is 25.1 Å². The van der Waals surface area contributed by atoms with Crippen LogP contribution in [0.25, 0.3) is 11.3 Å². The molecule has 1 aromatic heterocycles. The number of tetrazole rings is 1. The number of Topliss-reactive ketones (excluding diaryl/α,β-unsaturated/α-hetero) is 1. The maximum absolute atomic E-state index is 13.1. The molecule has 150 valence electrons. The largest absolute Gasteiger partial charge is 0.416 e. The van der Waals surface area contributed by atoms with Crippen LogP contribution < -0.4 is 0 Å². The Hall–Kier alpha value is -3.01. The minimum absolute atomic E-state index is 0.0549. The number of allylic oxidation sites excluding steroid dienone is 1. The summed E-state index contributed by atoms with van der Waals surface area (Å²) in [6.07, 6.45) is -3.08. The van der Waals surface area contributed by atoms with Gasteiger partial charge < -0.3 is 4.90 Å². The zero-order valence-electron chi connectivity index (χ0n) is 15.4. The Morgan fingerprint density at radius 2 is 1.86 bits per heavy atom. The summed E-state index contributed by atoms with van der Waals surface area (Å²) in [5.74, 6) is -0.518. The van der Waals surface area contributed by atoms with Gasteiger partial charge in [0.15, 0.2) is 11.6 Å². The van der Waals surface area contributed by atoms with Crippen molar-refractivity contribution < 1.29 is 18.0 Å². The van der Waals surface area contributed by atoms with Gasteiger partial charge in [0.2, 0.25) is 0 Å². The van der Waals surface area contributed by atoms with Crippen LogP contribution in [0.4, 0.5) is 13.2 Å². The standard InChI is InChI=1S/C19H15BrF3N5O/c1-27(2)11-16(17(29)12-5-3-6-13(9-12)19(21,22)23)18-24-25-26-28(18)15-8-4-7-14(20)10-15/h3-11H,1-2H3. The molecule has 3 rings (SSSR count). The predicted molar refractivity (Wildman–Crippen MR) is 104 cm³/mol. The number of hydrogen-bond donors (Lipinski definition) is 0. The molecule has 0 amide bonds. The average Bonchev–Trinajstić information content (AvgIpc) is 3.14. The lowest BCUT2D eigenvalue weighted by Crippen LogP contribution is -2.14. The molecular weight excluding hydrogens is 451 g/mol. The van der Waals surface area contributed by atoms with Gasteiger partial charge in [-0.05, 0) is 40.8 Å². The Bertz CT molecular complexity index is 1080. The van der Waals surface area contributed by atoms with E-state index in [-0.39, 0.29) is 17.0 Å². The molecule has 0 unspecified atom stereocenters. The topological polar surface area (TPSA) is 63.9 Å². The fraction of sp³-hybridized carbons (Fsp3) is 0.158. The maximum atomic E-state index is 13.1. The van der Waals surface area contributed by atoms with E-state index in [0.29, 0.717) is 5.69 Å². The lowest BCUT2D eigenvalue weighted by Gasteiger charge is -2.13. The van der Waals surface area contributed by atoms with Crippen molar-refractivity contribution in [3.63, 3.8) is 0 Å². The summed E-state index contributed by atoms with van der Waals surface area (Å²) in [5.41, 5.74) is -0.379. The van der Waals surface area contributed by atoms with Gasteiger partial charge in [-0.2, -0.15) is 17.9 Å². The molecule has 0 aliphatic heterocycles. The second-order valence-corrected chi connectivity index (χ2v) is 7.22. The van der Waals surface area contributed by atoms with Crippen molar-refractivity contribution in [2.24, 2.45) is 0 Å². The third kappa shape index (κ3) is 4.70. The normalized spacial score (nSPS) is 12.1. The van der Waals surface area contributed by atoms with Gasteiger partial charge in [-0.15, -0.1) is 5.10 Å². The summed E-state index contributed by atoms with van der Waals surface area (Å²) in [6, 6.07) is 11.3. The minimum atomic E-state index is -4.56. The van der Waals surface area contributed by atoms with Crippen LogP contribution in [-0.4, -0.2) is 45.0 Å². The lowest BCUT2D eigenvalue weighted by molar-refractivity contribution is -0.137. The fourth-order valence-corrected chi connectivity index (χ4v) is 2.99. The number of aromatic nitrogens is 4. The first-order valence-corrected chi connectivity index (χ1v) is 9.11. The monoisotopic (exact) mass is 465 g/mol.